The molecule has 43 heavy (non-hydrogen) atoms. The van der Waals surface area contributed by atoms with E-state index in [1.165, 1.54) is 73.1 Å². The molecule has 5 rings (SSSR count). The third-order valence-corrected chi connectivity index (χ3v) is 5.76. The molecule has 0 bridgehead atoms. The highest BCUT2D eigenvalue weighted by molar-refractivity contribution is 6.03. The van der Waals surface area contributed by atoms with Gasteiger partial charge in [0.25, 0.3) is 11.8 Å². The predicted octanol–water partition coefficient (Wildman–Crippen LogP) is 6.27. The van der Waals surface area contributed by atoms with E-state index >= 15 is 0 Å². The van der Waals surface area contributed by atoms with Gasteiger partial charge >= 0.3 is 0 Å². The number of carbonyl (C=O) groups is 2. The lowest BCUT2D eigenvalue weighted by Gasteiger charge is -2.11. The molecule has 0 spiro atoms. The van der Waals surface area contributed by atoms with Crippen LogP contribution in [0.5, 0.6) is 28.7 Å². The third-order valence-electron chi connectivity index (χ3n) is 5.76. The summed E-state index contributed by atoms with van der Waals surface area (Å²) in [5, 5.41) is 14.1. The Morgan fingerprint density at radius 2 is 1.09 bits per heavy atom. The van der Waals surface area contributed by atoms with Crippen molar-refractivity contribution in [3.63, 3.8) is 0 Å². The van der Waals surface area contributed by atoms with Gasteiger partial charge < -0.3 is 30.9 Å². The minimum atomic E-state index is -0.838. The van der Waals surface area contributed by atoms with Crippen LogP contribution >= 0.6 is 0 Å². The van der Waals surface area contributed by atoms with Gasteiger partial charge in [0.05, 0.1) is 17.1 Å². The molecule has 0 saturated heterocycles. The van der Waals surface area contributed by atoms with Crippen molar-refractivity contribution in [3.05, 3.63) is 120 Å². The van der Waals surface area contributed by atoms with Crippen molar-refractivity contribution >= 4 is 28.9 Å². The van der Waals surface area contributed by atoms with Crippen LogP contribution in [-0.4, -0.2) is 26.9 Å². The molecule has 2 amide bonds. The zero-order valence-electron chi connectivity index (χ0n) is 21.8. The summed E-state index contributed by atoms with van der Waals surface area (Å²) in [7, 11) is 0. The third kappa shape index (κ3) is 6.97. The topological polar surface area (TPSA) is 149 Å². The summed E-state index contributed by atoms with van der Waals surface area (Å²) in [4.78, 5) is 33.2. The summed E-state index contributed by atoms with van der Waals surface area (Å²) >= 11 is 0. The Kier molecular flexibility index (Phi) is 8.05. The van der Waals surface area contributed by atoms with Crippen molar-refractivity contribution in [2.75, 3.05) is 16.4 Å². The van der Waals surface area contributed by atoms with Crippen LogP contribution in [0.1, 0.15) is 21.0 Å². The van der Waals surface area contributed by atoms with E-state index in [0.717, 1.165) is 18.2 Å². The SMILES string of the molecule is Nc1ccc(Oc2ccnc(C(=O)Nc3ccc(Oc4ccnc(C(=O)Nc5ccc(O)cc5F)c4)cc3F)c2)cc1F. The number of aromatic nitrogens is 2. The molecule has 2 aromatic heterocycles. The van der Waals surface area contributed by atoms with Gasteiger partial charge in [0.1, 0.15) is 57.6 Å². The number of phenols is 1. The molecule has 5 N–H and O–H groups in total. The molecule has 0 saturated carbocycles. The number of aromatic hydroxyl groups is 1. The van der Waals surface area contributed by atoms with E-state index in [1.54, 1.807) is 0 Å². The summed E-state index contributed by atoms with van der Waals surface area (Å²) in [5.74, 6) is -3.60. The normalized spacial score (nSPS) is 10.6. The molecule has 0 radical (unpaired) electrons. The minimum Gasteiger partial charge on any atom is -0.508 e. The number of carbonyl (C=O) groups excluding carboxylic acids is 2. The van der Waals surface area contributed by atoms with E-state index in [4.69, 9.17) is 15.2 Å². The number of ether oxygens (including phenoxy) is 2. The molecule has 13 heteroatoms. The Labute approximate surface area is 241 Å². The summed E-state index contributed by atoms with van der Waals surface area (Å²) in [6.45, 7) is 0. The quantitative estimate of drug-likeness (QED) is 0.123. The molecule has 2 heterocycles. The van der Waals surface area contributed by atoms with Gasteiger partial charge in [-0.1, -0.05) is 0 Å². The summed E-state index contributed by atoms with van der Waals surface area (Å²) in [5.41, 5.74) is 4.87. The van der Waals surface area contributed by atoms with Gasteiger partial charge in [-0.2, -0.15) is 0 Å². The van der Waals surface area contributed by atoms with Gasteiger partial charge in [-0.15, -0.1) is 0 Å². The number of pyridine rings is 2. The van der Waals surface area contributed by atoms with E-state index in [0.29, 0.717) is 0 Å². The van der Waals surface area contributed by atoms with Crippen molar-refractivity contribution in [2.24, 2.45) is 0 Å². The van der Waals surface area contributed by atoms with E-state index in [1.807, 2.05) is 0 Å². The van der Waals surface area contributed by atoms with E-state index in [-0.39, 0.29) is 57.2 Å². The Morgan fingerprint density at radius 3 is 1.60 bits per heavy atom. The standard InChI is InChI=1S/C30H20F3N5O5/c31-21-12-17(2-4-24(21)34)42-19-7-9-36-28(14-19)30(41)38-26-6-3-18(13-23(26)33)43-20-8-10-35-27(15-20)29(40)37-25-5-1-16(39)11-22(25)32/h1-15,39H,34H2,(H,37,40)(H,38,41). The highest BCUT2D eigenvalue weighted by atomic mass is 19.1. The predicted molar refractivity (Wildman–Crippen MR) is 150 cm³/mol. The molecule has 0 aliphatic rings. The fourth-order valence-electron chi connectivity index (χ4n) is 3.68. The smallest absolute Gasteiger partial charge is 0.274 e. The van der Waals surface area contributed by atoms with E-state index in [9.17, 15) is 27.9 Å². The zero-order valence-corrected chi connectivity index (χ0v) is 21.8. The van der Waals surface area contributed by atoms with Gasteiger partial charge in [-0.05, 0) is 48.5 Å². The molecule has 0 unspecified atom stereocenters. The Hall–Kier alpha value is -6.11. The molecular formula is C30H20F3N5O5. The first-order valence-corrected chi connectivity index (χ1v) is 12.4. The molecule has 5 aromatic rings. The van der Waals surface area contributed by atoms with Crippen LogP contribution < -0.4 is 25.8 Å². The molecule has 3 aromatic carbocycles. The number of nitrogens with two attached hydrogens (primary N) is 1. The van der Waals surface area contributed by atoms with Crippen molar-refractivity contribution in [3.8, 4) is 28.7 Å². The number of benzene rings is 3. The number of anilines is 3. The lowest BCUT2D eigenvalue weighted by molar-refractivity contribution is 0.101. The molecule has 10 nitrogen and oxygen atoms in total. The highest BCUT2D eigenvalue weighted by Gasteiger charge is 2.15. The number of rotatable bonds is 8. The second-order valence-electron chi connectivity index (χ2n) is 8.86. The van der Waals surface area contributed by atoms with Gasteiger partial charge in [-0.25, -0.2) is 13.2 Å². The van der Waals surface area contributed by atoms with Gasteiger partial charge in [0.2, 0.25) is 0 Å². The van der Waals surface area contributed by atoms with Crippen LogP contribution in [0.3, 0.4) is 0 Å². The molecular weight excluding hydrogens is 567 g/mol. The van der Waals surface area contributed by atoms with Crippen LogP contribution in [0.15, 0.2) is 91.3 Å². The molecule has 216 valence electrons. The number of amides is 2. The van der Waals surface area contributed by atoms with E-state index < -0.39 is 29.3 Å². The first-order valence-electron chi connectivity index (χ1n) is 12.4. The number of phenolic OH excluding ortho intramolecular Hbond substituents is 1. The van der Waals surface area contributed by atoms with Gasteiger partial charge in [0, 0.05) is 42.7 Å². The average molecular weight is 588 g/mol. The van der Waals surface area contributed by atoms with Crippen LogP contribution in [-0.2, 0) is 0 Å². The van der Waals surface area contributed by atoms with Crippen LogP contribution in [0.4, 0.5) is 30.2 Å². The molecule has 0 aliphatic carbocycles. The zero-order chi connectivity index (χ0) is 30.5. The summed E-state index contributed by atoms with van der Waals surface area (Å²) in [6, 6.07) is 16.2. The molecule has 0 atom stereocenters. The van der Waals surface area contributed by atoms with Crippen molar-refractivity contribution < 1.29 is 37.3 Å². The first-order chi connectivity index (χ1) is 20.6. The fraction of sp³-hybridized carbons (Fsp3) is 0. The van der Waals surface area contributed by atoms with Gasteiger partial charge in [-0.3, -0.25) is 19.6 Å². The maximum absolute atomic E-state index is 14.9. The minimum absolute atomic E-state index is 0.0432. The van der Waals surface area contributed by atoms with Gasteiger partial charge in [0.15, 0.2) is 0 Å². The second-order valence-corrected chi connectivity index (χ2v) is 8.86. The Morgan fingerprint density at radius 1 is 0.628 bits per heavy atom. The van der Waals surface area contributed by atoms with Crippen LogP contribution in [0, 0.1) is 17.5 Å². The van der Waals surface area contributed by atoms with Crippen molar-refractivity contribution in [1.29, 1.82) is 0 Å². The van der Waals surface area contributed by atoms with Crippen molar-refractivity contribution in [1.82, 2.24) is 9.97 Å². The number of nitrogens with one attached hydrogen (secondary N) is 2. The molecule has 0 aliphatic heterocycles. The molecule has 0 fully saturated rings. The number of halogens is 3. The largest absolute Gasteiger partial charge is 0.508 e. The Bertz CT molecular complexity index is 1850. The number of hydrogen-bond donors (Lipinski definition) is 4. The van der Waals surface area contributed by atoms with Crippen LogP contribution in [0.2, 0.25) is 0 Å². The number of nitrogen functional groups attached to an aromatic ring is 1. The number of nitrogens with zero attached hydrogens (tertiary/aromatic N) is 2. The monoisotopic (exact) mass is 587 g/mol. The second kappa shape index (κ2) is 12.2. The summed E-state index contributed by atoms with van der Waals surface area (Å²) < 4.78 is 53.7. The van der Waals surface area contributed by atoms with E-state index in [2.05, 4.69) is 20.6 Å². The Balaban J connectivity index is 1.23. The lowest BCUT2D eigenvalue weighted by atomic mass is 10.2. The fourth-order valence-corrected chi connectivity index (χ4v) is 3.68. The summed E-state index contributed by atoms with van der Waals surface area (Å²) in [6.07, 6.45) is 2.58. The average Bonchev–Trinajstić information content (AvgIpc) is 2.98. The number of hydrogen-bond acceptors (Lipinski definition) is 8. The maximum Gasteiger partial charge on any atom is 0.274 e. The highest BCUT2D eigenvalue weighted by Crippen LogP contribution is 2.28. The van der Waals surface area contributed by atoms with Crippen molar-refractivity contribution in [2.45, 2.75) is 0 Å². The van der Waals surface area contributed by atoms with Crippen LogP contribution in [0.25, 0.3) is 0 Å². The lowest BCUT2D eigenvalue weighted by Crippen LogP contribution is -2.15. The maximum atomic E-state index is 14.9. The first kappa shape index (κ1) is 28.4.